The van der Waals surface area contributed by atoms with E-state index in [1.54, 1.807) is 12.1 Å². The number of pyridine rings is 1. The number of esters is 1. The maximum atomic E-state index is 14.7. The Kier molecular flexibility index (Phi) is 8.44. The lowest BCUT2D eigenvalue weighted by molar-refractivity contribution is -0.148. The van der Waals surface area contributed by atoms with Gasteiger partial charge in [-0.05, 0) is 68.4 Å². The summed E-state index contributed by atoms with van der Waals surface area (Å²) in [5.41, 5.74) is 9.46. The van der Waals surface area contributed by atoms with Gasteiger partial charge in [0.25, 0.3) is 0 Å². The molecule has 3 N–H and O–H groups in total. The number of methoxy groups -OCH3 is 2. The van der Waals surface area contributed by atoms with E-state index in [9.17, 15) is 14.0 Å². The van der Waals surface area contributed by atoms with E-state index in [4.69, 9.17) is 9.47 Å². The Morgan fingerprint density at radius 1 is 1.13 bits per heavy atom. The average molecular weight is 540 g/mol. The normalized spacial score (nSPS) is 28.9. The van der Waals surface area contributed by atoms with Crippen molar-refractivity contribution in [3.63, 3.8) is 0 Å². The number of carbonyl (C=O) groups excluding carboxylic acids is 2. The number of hydrogen-bond donors (Lipinski definition) is 3. The molecule has 0 bridgehead atoms. The second-order valence-electron chi connectivity index (χ2n) is 11.1. The third kappa shape index (κ3) is 6.08. The molecular weight excluding hydrogens is 501 g/mol. The molecule has 2 aromatic rings. The van der Waals surface area contributed by atoms with E-state index in [2.05, 4.69) is 27.2 Å². The van der Waals surface area contributed by atoms with Crippen LogP contribution in [-0.4, -0.2) is 61.2 Å². The highest BCUT2D eigenvalue weighted by atomic mass is 19.1. The van der Waals surface area contributed by atoms with Crippen LogP contribution in [0.5, 0.6) is 5.75 Å². The number of nitrogens with zero attached hydrogens (tertiary/aromatic N) is 2. The van der Waals surface area contributed by atoms with E-state index in [-0.39, 0.29) is 48.2 Å². The van der Waals surface area contributed by atoms with Gasteiger partial charge in [-0.15, -0.1) is 0 Å². The predicted molar refractivity (Wildman–Crippen MR) is 143 cm³/mol. The van der Waals surface area contributed by atoms with Crippen LogP contribution >= 0.6 is 0 Å². The van der Waals surface area contributed by atoms with E-state index in [1.165, 1.54) is 25.8 Å². The minimum absolute atomic E-state index is 0.0175. The topological polar surface area (TPSA) is 105 Å². The fraction of sp³-hybridized carbons (Fsp3) is 0.552. The summed E-state index contributed by atoms with van der Waals surface area (Å²) in [4.78, 5) is 32.4. The number of likely N-dealkylation sites (tertiary alicyclic amines) is 1. The minimum atomic E-state index is -0.412. The summed E-state index contributed by atoms with van der Waals surface area (Å²) in [6.45, 7) is 3.19. The molecule has 10 heteroatoms. The lowest BCUT2D eigenvalue weighted by Crippen LogP contribution is -2.53. The molecule has 1 aromatic heterocycles. The van der Waals surface area contributed by atoms with Crippen LogP contribution < -0.4 is 20.9 Å². The van der Waals surface area contributed by atoms with Gasteiger partial charge in [-0.2, -0.15) is 0 Å². The first kappa shape index (κ1) is 27.5. The first-order chi connectivity index (χ1) is 18.9. The van der Waals surface area contributed by atoms with Gasteiger partial charge in [-0.3, -0.25) is 24.9 Å². The number of rotatable bonds is 7. The van der Waals surface area contributed by atoms with Crippen molar-refractivity contribution in [1.29, 1.82) is 0 Å². The first-order valence-corrected chi connectivity index (χ1v) is 13.7. The monoisotopic (exact) mass is 539 g/mol. The van der Waals surface area contributed by atoms with Crippen LogP contribution in [0.2, 0.25) is 0 Å². The van der Waals surface area contributed by atoms with Crippen LogP contribution in [0.1, 0.15) is 48.5 Å². The van der Waals surface area contributed by atoms with Gasteiger partial charge in [0.1, 0.15) is 11.6 Å². The molecule has 5 rings (SSSR count). The van der Waals surface area contributed by atoms with Gasteiger partial charge in [0, 0.05) is 55.1 Å². The molecule has 0 radical (unpaired) electrons. The van der Waals surface area contributed by atoms with Crippen LogP contribution in [-0.2, 0) is 20.9 Å². The van der Waals surface area contributed by atoms with Crippen LogP contribution in [0, 0.1) is 30.5 Å². The van der Waals surface area contributed by atoms with Crippen molar-refractivity contribution in [2.24, 2.45) is 17.8 Å². The van der Waals surface area contributed by atoms with Crippen molar-refractivity contribution in [2.45, 2.75) is 57.3 Å². The molecular formula is C29H38FN5O4. The summed E-state index contributed by atoms with van der Waals surface area (Å²) >= 11 is 0. The van der Waals surface area contributed by atoms with Crippen LogP contribution in [0.4, 0.5) is 4.39 Å². The van der Waals surface area contributed by atoms with Crippen LogP contribution in [0.25, 0.3) is 0 Å². The summed E-state index contributed by atoms with van der Waals surface area (Å²) < 4.78 is 25.1. The molecule has 1 aliphatic carbocycles. The second-order valence-corrected chi connectivity index (χ2v) is 11.1. The molecule has 39 heavy (non-hydrogen) atoms. The van der Waals surface area contributed by atoms with Gasteiger partial charge in [0.2, 0.25) is 5.91 Å². The van der Waals surface area contributed by atoms with Gasteiger partial charge in [-0.25, -0.2) is 9.82 Å². The molecule has 1 aromatic carbocycles. The van der Waals surface area contributed by atoms with Crippen molar-refractivity contribution in [2.75, 3.05) is 27.3 Å². The zero-order valence-corrected chi connectivity index (χ0v) is 22.8. The van der Waals surface area contributed by atoms with E-state index in [0.29, 0.717) is 36.9 Å². The van der Waals surface area contributed by atoms with Crippen molar-refractivity contribution >= 4 is 11.9 Å². The third-order valence-electron chi connectivity index (χ3n) is 8.49. The molecule has 1 saturated carbocycles. The number of nitrogens with one attached hydrogen (secondary N) is 3. The Morgan fingerprint density at radius 3 is 2.74 bits per heavy atom. The van der Waals surface area contributed by atoms with E-state index >= 15 is 0 Å². The highest BCUT2D eigenvalue weighted by Crippen LogP contribution is 2.40. The Bertz CT molecular complexity index is 1200. The molecule has 9 nitrogen and oxygen atoms in total. The molecule has 0 spiro atoms. The van der Waals surface area contributed by atoms with Crippen LogP contribution in [0.15, 0.2) is 36.5 Å². The van der Waals surface area contributed by atoms with E-state index in [1.807, 2.05) is 24.1 Å². The molecule has 3 heterocycles. The molecule has 3 fully saturated rings. The SMILES string of the molecule is COC(=O)C1CC(NC(=O)C2CCC3NNC(c4ccnc(C)c4)C3C2)CN(Cc2c(F)cccc2OC)C1. The number of hydrogen-bond acceptors (Lipinski definition) is 8. The van der Waals surface area contributed by atoms with Gasteiger partial charge >= 0.3 is 5.97 Å². The fourth-order valence-electron chi connectivity index (χ4n) is 6.57. The summed E-state index contributed by atoms with van der Waals surface area (Å²) in [5.74, 6) is -0.435. The fourth-order valence-corrected chi connectivity index (χ4v) is 6.57. The lowest BCUT2D eigenvalue weighted by Gasteiger charge is -2.38. The number of piperidine rings is 1. The summed E-state index contributed by atoms with van der Waals surface area (Å²) in [6, 6.07) is 9.06. The van der Waals surface area contributed by atoms with Gasteiger partial charge in [-0.1, -0.05) is 6.07 Å². The maximum absolute atomic E-state index is 14.7. The summed E-state index contributed by atoms with van der Waals surface area (Å²) in [7, 11) is 2.89. The number of carbonyl (C=O) groups is 2. The minimum Gasteiger partial charge on any atom is -0.496 e. The smallest absolute Gasteiger partial charge is 0.310 e. The molecule has 6 unspecified atom stereocenters. The van der Waals surface area contributed by atoms with E-state index in [0.717, 1.165) is 25.0 Å². The van der Waals surface area contributed by atoms with E-state index < -0.39 is 5.92 Å². The number of fused-ring (bicyclic) bond motifs is 1. The highest BCUT2D eigenvalue weighted by Gasteiger charge is 2.43. The van der Waals surface area contributed by atoms with Gasteiger partial charge < -0.3 is 14.8 Å². The molecule has 1 amide bonds. The highest BCUT2D eigenvalue weighted by molar-refractivity contribution is 5.79. The number of halogens is 1. The van der Waals surface area contributed by atoms with Gasteiger partial charge in [0.15, 0.2) is 0 Å². The number of aryl methyl sites for hydroxylation is 1. The Morgan fingerprint density at radius 2 is 1.97 bits per heavy atom. The number of hydrazine groups is 1. The molecule has 3 aliphatic rings. The van der Waals surface area contributed by atoms with Crippen molar-refractivity contribution in [3.8, 4) is 5.75 Å². The molecule has 6 atom stereocenters. The van der Waals surface area contributed by atoms with Crippen molar-refractivity contribution < 1.29 is 23.5 Å². The average Bonchev–Trinajstić information content (AvgIpc) is 3.37. The zero-order chi connectivity index (χ0) is 27.5. The quantitative estimate of drug-likeness (QED) is 0.462. The second kappa shape index (κ2) is 12.0. The summed E-state index contributed by atoms with van der Waals surface area (Å²) in [5, 5.41) is 3.24. The summed E-state index contributed by atoms with van der Waals surface area (Å²) in [6.07, 6.45) is 4.80. The number of aromatic nitrogens is 1. The zero-order valence-electron chi connectivity index (χ0n) is 22.8. The van der Waals surface area contributed by atoms with Crippen LogP contribution in [0.3, 0.4) is 0 Å². The molecule has 2 saturated heterocycles. The predicted octanol–water partition coefficient (Wildman–Crippen LogP) is 2.65. The molecule has 210 valence electrons. The first-order valence-electron chi connectivity index (χ1n) is 13.7. The Labute approximate surface area is 228 Å². The van der Waals surface area contributed by atoms with Crippen molar-refractivity contribution in [1.82, 2.24) is 26.1 Å². The maximum Gasteiger partial charge on any atom is 0.310 e. The number of amides is 1. The van der Waals surface area contributed by atoms with Gasteiger partial charge in [0.05, 0.1) is 26.2 Å². The lowest BCUT2D eigenvalue weighted by atomic mass is 9.74. The van der Waals surface area contributed by atoms with Crippen molar-refractivity contribution in [3.05, 3.63) is 59.2 Å². The Balaban J connectivity index is 1.26. The Hall–Kier alpha value is -3.08. The third-order valence-corrected chi connectivity index (χ3v) is 8.49. The molecule has 2 aliphatic heterocycles. The largest absolute Gasteiger partial charge is 0.496 e. The number of ether oxygens (including phenoxy) is 2. The standard InChI is InChI=1S/C29H38FN5O4/c1-17-11-18(9-10-31-17)27-22-13-19(7-8-25(22)33-34-27)28(36)32-21-12-20(29(37)39-3)14-35(15-21)16-23-24(30)5-4-6-26(23)38-2/h4-6,9-11,19-22,25,27,33-34H,7-8,12-16H2,1-3H3,(H,32,36). The number of benzene rings is 1.